The highest BCUT2D eigenvalue weighted by molar-refractivity contribution is 5.93. The number of hydrogen-bond donors (Lipinski definition) is 1. The van der Waals surface area contributed by atoms with Gasteiger partial charge in [0.15, 0.2) is 0 Å². The SMILES string of the molecule is CCNC(=O)N1CC[C@@H]2CC(=O)N(c3ccccc3)CC[C@H]2C1. The molecule has 2 saturated heterocycles. The number of likely N-dealkylation sites (tertiary alicyclic amines) is 1. The molecule has 3 amide bonds. The number of benzene rings is 1. The van der Waals surface area contributed by atoms with E-state index in [4.69, 9.17) is 0 Å². The molecule has 2 atom stereocenters. The van der Waals surface area contributed by atoms with Crippen LogP contribution in [-0.4, -0.2) is 43.0 Å². The zero-order chi connectivity index (χ0) is 16.2. The normalized spacial score (nSPS) is 24.8. The Hall–Kier alpha value is -2.04. The molecule has 5 heteroatoms. The van der Waals surface area contributed by atoms with Crippen LogP contribution in [-0.2, 0) is 4.79 Å². The second-order valence-corrected chi connectivity index (χ2v) is 6.46. The van der Waals surface area contributed by atoms with Gasteiger partial charge in [0.05, 0.1) is 0 Å². The fraction of sp³-hybridized carbons (Fsp3) is 0.556. The van der Waals surface area contributed by atoms with Gasteiger partial charge >= 0.3 is 6.03 Å². The van der Waals surface area contributed by atoms with E-state index < -0.39 is 0 Å². The maximum atomic E-state index is 12.6. The third kappa shape index (κ3) is 3.49. The summed E-state index contributed by atoms with van der Waals surface area (Å²) in [5.74, 6) is 1.04. The quantitative estimate of drug-likeness (QED) is 0.911. The van der Waals surface area contributed by atoms with Crippen LogP contribution in [0.3, 0.4) is 0 Å². The van der Waals surface area contributed by atoms with Crippen LogP contribution in [0.1, 0.15) is 26.2 Å². The van der Waals surface area contributed by atoms with Gasteiger partial charge in [-0.1, -0.05) is 18.2 Å². The first-order chi connectivity index (χ1) is 11.2. The van der Waals surface area contributed by atoms with E-state index in [0.717, 1.165) is 38.2 Å². The van der Waals surface area contributed by atoms with Gasteiger partial charge in [0, 0.05) is 38.3 Å². The number of anilines is 1. The molecule has 3 rings (SSSR count). The number of carbonyl (C=O) groups is 2. The summed E-state index contributed by atoms with van der Waals surface area (Å²) in [5, 5.41) is 2.88. The molecule has 1 N–H and O–H groups in total. The predicted octanol–water partition coefficient (Wildman–Crippen LogP) is 2.48. The van der Waals surface area contributed by atoms with E-state index in [1.54, 1.807) is 0 Å². The molecule has 2 aliphatic heterocycles. The molecule has 0 aliphatic carbocycles. The van der Waals surface area contributed by atoms with Gasteiger partial charge in [0.2, 0.25) is 5.91 Å². The van der Waals surface area contributed by atoms with Crippen molar-refractivity contribution >= 4 is 17.6 Å². The number of hydrogen-bond acceptors (Lipinski definition) is 2. The lowest BCUT2D eigenvalue weighted by Crippen LogP contribution is -2.48. The molecule has 0 aromatic heterocycles. The zero-order valence-electron chi connectivity index (χ0n) is 13.7. The lowest BCUT2D eigenvalue weighted by Gasteiger charge is -2.37. The fourth-order valence-electron chi connectivity index (χ4n) is 3.76. The number of urea groups is 1. The molecule has 2 aliphatic rings. The fourth-order valence-corrected chi connectivity index (χ4v) is 3.76. The number of fused-ring (bicyclic) bond motifs is 1. The molecule has 0 unspecified atom stereocenters. The van der Waals surface area contributed by atoms with Crippen LogP contribution in [0.15, 0.2) is 30.3 Å². The van der Waals surface area contributed by atoms with Crippen molar-refractivity contribution < 1.29 is 9.59 Å². The Morgan fingerprint density at radius 1 is 1.17 bits per heavy atom. The van der Waals surface area contributed by atoms with E-state index >= 15 is 0 Å². The molecular weight excluding hydrogens is 290 g/mol. The molecule has 0 saturated carbocycles. The summed E-state index contributed by atoms with van der Waals surface area (Å²) >= 11 is 0. The number of nitrogens with one attached hydrogen (secondary N) is 1. The van der Waals surface area contributed by atoms with Crippen molar-refractivity contribution in [2.45, 2.75) is 26.2 Å². The van der Waals surface area contributed by atoms with Crippen LogP contribution < -0.4 is 10.2 Å². The summed E-state index contributed by atoms with van der Waals surface area (Å²) in [6.45, 7) is 4.86. The highest BCUT2D eigenvalue weighted by atomic mass is 16.2. The number of carbonyl (C=O) groups excluding carboxylic acids is 2. The maximum absolute atomic E-state index is 12.6. The minimum absolute atomic E-state index is 0.0291. The Morgan fingerprint density at radius 2 is 1.91 bits per heavy atom. The number of amides is 3. The Bertz CT molecular complexity index is 561. The average molecular weight is 315 g/mol. The summed E-state index contributed by atoms with van der Waals surface area (Å²) in [6, 6.07) is 9.92. The lowest BCUT2D eigenvalue weighted by molar-refractivity contribution is -0.119. The maximum Gasteiger partial charge on any atom is 0.317 e. The molecule has 1 aromatic carbocycles. The third-order valence-corrected chi connectivity index (χ3v) is 5.04. The number of piperidine rings is 1. The van der Waals surface area contributed by atoms with Gasteiger partial charge in [-0.15, -0.1) is 0 Å². The highest BCUT2D eigenvalue weighted by Crippen LogP contribution is 2.33. The molecule has 0 radical (unpaired) electrons. The van der Waals surface area contributed by atoms with Crippen LogP contribution in [0.25, 0.3) is 0 Å². The van der Waals surface area contributed by atoms with Crippen LogP contribution in [0.4, 0.5) is 10.5 Å². The van der Waals surface area contributed by atoms with E-state index in [2.05, 4.69) is 5.32 Å². The van der Waals surface area contributed by atoms with Gasteiger partial charge in [-0.25, -0.2) is 4.79 Å². The largest absolute Gasteiger partial charge is 0.338 e. The minimum Gasteiger partial charge on any atom is -0.338 e. The Balaban J connectivity index is 1.68. The minimum atomic E-state index is 0.0291. The summed E-state index contributed by atoms with van der Waals surface area (Å²) in [5.41, 5.74) is 0.983. The first kappa shape index (κ1) is 15.8. The summed E-state index contributed by atoms with van der Waals surface area (Å²) in [6.07, 6.45) is 2.49. The lowest BCUT2D eigenvalue weighted by atomic mass is 9.82. The van der Waals surface area contributed by atoms with Gasteiger partial charge in [-0.05, 0) is 43.7 Å². The van der Waals surface area contributed by atoms with Crippen LogP contribution in [0, 0.1) is 11.8 Å². The van der Waals surface area contributed by atoms with Crippen molar-refractivity contribution in [2.75, 3.05) is 31.1 Å². The second-order valence-electron chi connectivity index (χ2n) is 6.46. The first-order valence-corrected chi connectivity index (χ1v) is 8.57. The third-order valence-electron chi connectivity index (χ3n) is 5.04. The molecule has 124 valence electrons. The monoisotopic (exact) mass is 315 g/mol. The van der Waals surface area contributed by atoms with Gasteiger partial charge in [-0.3, -0.25) is 4.79 Å². The Labute approximate surface area is 137 Å². The Kier molecular flexibility index (Phi) is 4.84. The van der Waals surface area contributed by atoms with Gasteiger partial charge in [0.25, 0.3) is 0 Å². The molecule has 0 spiro atoms. The number of rotatable bonds is 2. The molecule has 1 aromatic rings. The van der Waals surface area contributed by atoms with E-state index in [1.807, 2.05) is 47.1 Å². The van der Waals surface area contributed by atoms with Crippen LogP contribution in [0.2, 0.25) is 0 Å². The number of nitrogens with zero attached hydrogens (tertiary/aromatic N) is 2. The van der Waals surface area contributed by atoms with Crippen molar-refractivity contribution in [2.24, 2.45) is 11.8 Å². The molecule has 23 heavy (non-hydrogen) atoms. The van der Waals surface area contributed by atoms with Crippen molar-refractivity contribution in [3.63, 3.8) is 0 Å². The molecule has 5 nitrogen and oxygen atoms in total. The van der Waals surface area contributed by atoms with Crippen LogP contribution >= 0.6 is 0 Å². The molecular formula is C18H25N3O2. The predicted molar refractivity (Wildman–Crippen MR) is 90.3 cm³/mol. The average Bonchev–Trinajstić information content (AvgIpc) is 2.73. The van der Waals surface area contributed by atoms with Crippen LogP contribution in [0.5, 0.6) is 0 Å². The van der Waals surface area contributed by atoms with Crippen molar-refractivity contribution in [1.82, 2.24) is 10.2 Å². The molecule has 0 bridgehead atoms. The number of para-hydroxylation sites is 1. The zero-order valence-corrected chi connectivity index (χ0v) is 13.7. The summed E-state index contributed by atoms with van der Waals surface area (Å²) < 4.78 is 0. The summed E-state index contributed by atoms with van der Waals surface area (Å²) in [7, 11) is 0. The summed E-state index contributed by atoms with van der Waals surface area (Å²) in [4.78, 5) is 28.5. The van der Waals surface area contributed by atoms with Crippen molar-refractivity contribution in [1.29, 1.82) is 0 Å². The first-order valence-electron chi connectivity index (χ1n) is 8.57. The van der Waals surface area contributed by atoms with E-state index in [-0.39, 0.29) is 11.9 Å². The van der Waals surface area contributed by atoms with Crippen molar-refractivity contribution in [3.05, 3.63) is 30.3 Å². The van der Waals surface area contributed by atoms with Crippen molar-refractivity contribution in [3.8, 4) is 0 Å². The molecule has 2 heterocycles. The standard InChI is InChI=1S/C18H25N3O2/c1-2-19-18(23)20-10-8-14-12-17(22)21(11-9-15(14)13-20)16-6-4-3-5-7-16/h3-7,14-15H,2,8-13H2,1H3,(H,19,23)/t14-,15+/m1/s1. The molecule has 2 fully saturated rings. The van der Waals surface area contributed by atoms with Gasteiger partial charge < -0.3 is 15.1 Å². The van der Waals surface area contributed by atoms with E-state index in [0.29, 0.717) is 24.8 Å². The second kappa shape index (κ2) is 7.02. The Morgan fingerprint density at radius 3 is 2.65 bits per heavy atom. The van der Waals surface area contributed by atoms with E-state index in [9.17, 15) is 9.59 Å². The smallest absolute Gasteiger partial charge is 0.317 e. The van der Waals surface area contributed by atoms with Gasteiger partial charge in [-0.2, -0.15) is 0 Å². The van der Waals surface area contributed by atoms with Gasteiger partial charge in [0.1, 0.15) is 0 Å². The topological polar surface area (TPSA) is 52.7 Å². The highest BCUT2D eigenvalue weighted by Gasteiger charge is 2.36. The van der Waals surface area contributed by atoms with E-state index in [1.165, 1.54) is 0 Å².